The highest BCUT2D eigenvalue weighted by Crippen LogP contribution is 2.33. The van der Waals surface area contributed by atoms with E-state index in [-0.39, 0.29) is 36.4 Å². The van der Waals surface area contributed by atoms with Crippen molar-refractivity contribution in [1.82, 2.24) is 20.4 Å². The number of carbonyl (C=O) groups excluding carboxylic acids is 1. The number of nitrogens with one attached hydrogen (secondary N) is 2. The summed E-state index contributed by atoms with van der Waals surface area (Å²) in [5, 5.41) is 7.29. The number of likely N-dealkylation sites (N-methyl/N-ethyl adjacent to an activating group) is 1. The second kappa shape index (κ2) is 10.3. The Bertz CT molecular complexity index is 764. The number of fused-ring (bicyclic) bond motifs is 1. The third-order valence-electron chi connectivity index (χ3n) is 6.54. The van der Waals surface area contributed by atoms with E-state index in [4.69, 9.17) is 0 Å². The fourth-order valence-electron chi connectivity index (χ4n) is 4.70. The lowest BCUT2D eigenvalue weighted by atomic mass is 9.88. The SMILES string of the molecule is CC1CC(NC(=NCC(=O)N(C)C)NC2CCc3ccccc3C2)CN1C1CC1.I. The van der Waals surface area contributed by atoms with Gasteiger partial charge in [-0.25, -0.2) is 4.99 Å². The smallest absolute Gasteiger partial charge is 0.243 e. The number of nitrogens with zero attached hydrogens (tertiary/aromatic N) is 3. The van der Waals surface area contributed by atoms with Crippen molar-refractivity contribution in [1.29, 1.82) is 0 Å². The van der Waals surface area contributed by atoms with Gasteiger partial charge in [-0.3, -0.25) is 9.69 Å². The zero-order chi connectivity index (χ0) is 20.4. The molecule has 2 aliphatic carbocycles. The molecule has 1 saturated heterocycles. The minimum atomic E-state index is 0. The third kappa shape index (κ3) is 5.87. The van der Waals surface area contributed by atoms with E-state index in [1.54, 1.807) is 19.0 Å². The lowest BCUT2D eigenvalue weighted by Crippen LogP contribution is -2.50. The van der Waals surface area contributed by atoms with Crippen molar-refractivity contribution < 1.29 is 4.79 Å². The predicted molar refractivity (Wildman–Crippen MR) is 133 cm³/mol. The first-order valence-electron chi connectivity index (χ1n) is 11.1. The average molecular weight is 525 g/mol. The molecule has 7 heteroatoms. The molecule has 4 rings (SSSR count). The van der Waals surface area contributed by atoms with Gasteiger partial charge in [0.05, 0.1) is 0 Å². The zero-order valence-corrected chi connectivity index (χ0v) is 20.8. The van der Waals surface area contributed by atoms with Crippen LogP contribution in [0.25, 0.3) is 0 Å². The zero-order valence-electron chi connectivity index (χ0n) is 18.4. The molecule has 166 valence electrons. The first kappa shape index (κ1) is 23.3. The summed E-state index contributed by atoms with van der Waals surface area (Å²) in [5.41, 5.74) is 2.89. The summed E-state index contributed by atoms with van der Waals surface area (Å²) in [6.07, 6.45) is 7.01. The summed E-state index contributed by atoms with van der Waals surface area (Å²) in [5.74, 6) is 0.818. The number of hydrogen-bond acceptors (Lipinski definition) is 3. The Morgan fingerprint density at radius 3 is 2.53 bits per heavy atom. The third-order valence-corrected chi connectivity index (χ3v) is 6.54. The summed E-state index contributed by atoms with van der Waals surface area (Å²) >= 11 is 0. The molecule has 1 amide bonds. The normalized spacial score (nSPS) is 26.5. The van der Waals surface area contributed by atoms with Crippen molar-refractivity contribution in [2.24, 2.45) is 4.99 Å². The molecule has 1 aliphatic heterocycles. The van der Waals surface area contributed by atoms with Gasteiger partial charge in [-0.05, 0) is 56.6 Å². The molecule has 0 spiro atoms. The van der Waals surface area contributed by atoms with E-state index >= 15 is 0 Å². The molecule has 0 aromatic heterocycles. The Labute approximate surface area is 197 Å². The number of hydrogen-bond donors (Lipinski definition) is 2. The van der Waals surface area contributed by atoms with Crippen molar-refractivity contribution in [3.8, 4) is 0 Å². The molecular weight excluding hydrogens is 489 g/mol. The Kier molecular flexibility index (Phi) is 8.01. The first-order valence-corrected chi connectivity index (χ1v) is 11.1. The number of aryl methyl sites for hydroxylation is 1. The second-order valence-electron chi connectivity index (χ2n) is 9.16. The van der Waals surface area contributed by atoms with E-state index in [9.17, 15) is 4.79 Å². The molecule has 1 aromatic rings. The first-order chi connectivity index (χ1) is 14.0. The van der Waals surface area contributed by atoms with Gasteiger partial charge in [0, 0.05) is 44.8 Å². The number of aliphatic imine (C=N–C) groups is 1. The molecular formula is C23H36IN5O. The van der Waals surface area contributed by atoms with Crippen LogP contribution in [0.15, 0.2) is 29.3 Å². The topological polar surface area (TPSA) is 60.0 Å². The number of rotatable bonds is 5. The summed E-state index contributed by atoms with van der Waals surface area (Å²) in [6.45, 7) is 3.58. The molecule has 0 bridgehead atoms. The largest absolute Gasteiger partial charge is 0.353 e. The van der Waals surface area contributed by atoms with E-state index in [1.807, 2.05) is 0 Å². The molecule has 6 nitrogen and oxygen atoms in total. The number of amides is 1. The van der Waals surface area contributed by atoms with Gasteiger partial charge in [0.25, 0.3) is 0 Å². The summed E-state index contributed by atoms with van der Waals surface area (Å²) in [7, 11) is 3.56. The van der Waals surface area contributed by atoms with E-state index in [2.05, 4.69) is 51.7 Å². The highest BCUT2D eigenvalue weighted by atomic mass is 127. The number of likely N-dealkylation sites (tertiary alicyclic amines) is 1. The van der Waals surface area contributed by atoms with Gasteiger partial charge in [0.15, 0.2) is 5.96 Å². The maximum atomic E-state index is 12.1. The van der Waals surface area contributed by atoms with Gasteiger partial charge >= 0.3 is 0 Å². The van der Waals surface area contributed by atoms with Crippen molar-refractivity contribution in [3.63, 3.8) is 0 Å². The second-order valence-corrected chi connectivity index (χ2v) is 9.16. The van der Waals surface area contributed by atoms with E-state index in [0.29, 0.717) is 18.1 Å². The molecule has 0 radical (unpaired) electrons. The Hall–Kier alpha value is -1.35. The molecule has 3 aliphatic rings. The van der Waals surface area contributed by atoms with Gasteiger partial charge < -0.3 is 15.5 Å². The van der Waals surface area contributed by atoms with Gasteiger partial charge in [-0.2, -0.15) is 0 Å². The quantitative estimate of drug-likeness (QED) is 0.352. The number of carbonyl (C=O) groups is 1. The monoisotopic (exact) mass is 525 g/mol. The van der Waals surface area contributed by atoms with E-state index < -0.39 is 0 Å². The van der Waals surface area contributed by atoms with Crippen LogP contribution in [-0.2, 0) is 17.6 Å². The maximum Gasteiger partial charge on any atom is 0.243 e. The molecule has 3 atom stereocenters. The maximum absolute atomic E-state index is 12.1. The van der Waals surface area contributed by atoms with Crippen LogP contribution in [0.1, 0.15) is 43.7 Å². The molecule has 2 fully saturated rings. The Balaban J connectivity index is 0.00000256. The molecule has 1 saturated carbocycles. The molecule has 1 aromatic carbocycles. The number of benzene rings is 1. The van der Waals surface area contributed by atoms with Crippen LogP contribution in [0.5, 0.6) is 0 Å². The van der Waals surface area contributed by atoms with Crippen LogP contribution in [0, 0.1) is 0 Å². The minimum absolute atomic E-state index is 0. The number of halogens is 1. The average Bonchev–Trinajstić information content (AvgIpc) is 3.48. The molecule has 30 heavy (non-hydrogen) atoms. The predicted octanol–water partition coefficient (Wildman–Crippen LogP) is 2.41. The van der Waals surface area contributed by atoms with Crippen LogP contribution in [0.2, 0.25) is 0 Å². The lowest BCUT2D eigenvalue weighted by Gasteiger charge is -2.28. The highest BCUT2D eigenvalue weighted by Gasteiger charge is 2.39. The van der Waals surface area contributed by atoms with Gasteiger partial charge in [0.2, 0.25) is 5.91 Å². The summed E-state index contributed by atoms with van der Waals surface area (Å²) in [4.78, 5) is 21.0. The molecule has 1 heterocycles. The van der Waals surface area contributed by atoms with Crippen molar-refractivity contribution >= 4 is 35.8 Å². The van der Waals surface area contributed by atoms with Gasteiger partial charge in [0.1, 0.15) is 6.54 Å². The van der Waals surface area contributed by atoms with Crippen LogP contribution >= 0.6 is 24.0 Å². The van der Waals surface area contributed by atoms with Crippen LogP contribution in [0.3, 0.4) is 0 Å². The van der Waals surface area contributed by atoms with Gasteiger partial charge in [-0.1, -0.05) is 24.3 Å². The summed E-state index contributed by atoms with van der Waals surface area (Å²) < 4.78 is 0. The Morgan fingerprint density at radius 1 is 1.13 bits per heavy atom. The Morgan fingerprint density at radius 2 is 1.83 bits per heavy atom. The van der Waals surface area contributed by atoms with Crippen molar-refractivity contribution in [3.05, 3.63) is 35.4 Å². The van der Waals surface area contributed by atoms with Crippen molar-refractivity contribution in [2.45, 2.75) is 69.6 Å². The highest BCUT2D eigenvalue weighted by molar-refractivity contribution is 14.0. The lowest BCUT2D eigenvalue weighted by molar-refractivity contribution is -0.127. The van der Waals surface area contributed by atoms with Gasteiger partial charge in [-0.15, -0.1) is 24.0 Å². The standard InChI is InChI=1S/C23H35N5O.HI/c1-16-12-20(15-28(16)21-10-11-21)26-23(24-14-22(29)27(2)3)25-19-9-8-17-6-4-5-7-18(17)13-19;/h4-7,16,19-21H,8-15H2,1-3H3,(H2,24,25,26);1H. The van der Waals surface area contributed by atoms with Crippen LogP contribution < -0.4 is 10.6 Å². The summed E-state index contributed by atoms with van der Waals surface area (Å²) in [6, 6.07) is 10.9. The minimum Gasteiger partial charge on any atom is -0.353 e. The van der Waals surface area contributed by atoms with Crippen LogP contribution in [0.4, 0.5) is 0 Å². The molecule has 3 unspecified atom stereocenters. The van der Waals surface area contributed by atoms with E-state index in [1.165, 1.54) is 24.0 Å². The van der Waals surface area contributed by atoms with Crippen molar-refractivity contribution in [2.75, 3.05) is 27.2 Å². The fourth-order valence-corrected chi connectivity index (χ4v) is 4.70. The van der Waals surface area contributed by atoms with E-state index in [0.717, 1.165) is 44.2 Å². The van der Waals surface area contributed by atoms with Crippen LogP contribution in [-0.4, -0.2) is 73.0 Å². The number of guanidine groups is 1. The molecule has 2 N–H and O–H groups in total. The fraction of sp³-hybridized carbons (Fsp3) is 0.652.